The average molecular weight is 257 g/mol. The summed E-state index contributed by atoms with van der Waals surface area (Å²) in [5.74, 6) is 0.901. The van der Waals surface area contributed by atoms with Gasteiger partial charge in [0.25, 0.3) is 0 Å². The lowest BCUT2D eigenvalue weighted by Crippen LogP contribution is -2.24. The molecule has 4 heteroatoms. The van der Waals surface area contributed by atoms with Crippen molar-refractivity contribution >= 4 is 0 Å². The highest BCUT2D eigenvalue weighted by atomic mass is 16.5. The molecule has 100 valence electrons. The van der Waals surface area contributed by atoms with Crippen molar-refractivity contribution in [1.82, 2.24) is 9.78 Å². The Hall–Kier alpha value is -1.81. The number of nitrogens with two attached hydrogens (primary N) is 1. The number of ether oxygens (including phenoxy) is 1. The van der Waals surface area contributed by atoms with Gasteiger partial charge in [0.05, 0.1) is 6.20 Å². The third kappa shape index (κ3) is 2.24. The van der Waals surface area contributed by atoms with Crippen LogP contribution in [-0.2, 0) is 6.54 Å². The second-order valence-electron chi connectivity index (χ2n) is 5.12. The first-order chi connectivity index (χ1) is 9.17. The molecule has 1 aromatic carbocycles. The quantitative estimate of drug-likeness (QED) is 0.900. The highest BCUT2D eigenvalue weighted by molar-refractivity contribution is 5.41. The van der Waals surface area contributed by atoms with Crippen LogP contribution >= 0.6 is 0 Å². The SMILES string of the molecule is CCn1cc(C2C[C@@H](N)c3cc(C)ccc3O2)cn1. The third-order valence-electron chi connectivity index (χ3n) is 3.65. The zero-order chi connectivity index (χ0) is 13.4. The number of aryl methyl sites for hydroxylation is 2. The minimum Gasteiger partial charge on any atom is -0.485 e. The maximum atomic E-state index is 6.28. The van der Waals surface area contributed by atoms with E-state index < -0.39 is 0 Å². The minimum atomic E-state index is 0.00510. The Balaban J connectivity index is 1.90. The van der Waals surface area contributed by atoms with E-state index >= 15 is 0 Å². The molecule has 0 saturated carbocycles. The molecular formula is C15H19N3O. The average Bonchev–Trinajstić information content (AvgIpc) is 2.88. The molecule has 0 spiro atoms. The van der Waals surface area contributed by atoms with Gasteiger partial charge in [-0.25, -0.2) is 0 Å². The normalized spacial score (nSPS) is 21.8. The monoisotopic (exact) mass is 257 g/mol. The Bertz CT molecular complexity index is 591. The first-order valence-electron chi connectivity index (χ1n) is 6.72. The van der Waals surface area contributed by atoms with Gasteiger partial charge in [-0.15, -0.1) is 0 Å². The second-order valence-corrected chi connectivity index (χ2v) is 5.12. The smallest absolute Gasteiger partial charge is 0.129 e. The molecule has 1 unspecified atom stereocenters. The number of rotatable bonds is 2. The molecule has 0 amide bonds. The van der Waals surface area contributed by atoms with Gasteiger partial charge >= 0.3 is 0 Å². The lowest BCUT2D eigenvalue weighted by atomic mass is 9.94. The Labute approximate surface area is 113 Å². The predicted molar refractivity (Wildman–Crippen MR) is 74.0 cm³/mol. The fourth-order valence-electron chi connectivity index (χ4n) is 2.55. The van der Waals surface area contributed by atoms with Crippen molar-refractivity contribution in [2.75, 3.05) is 0 Å². The fraction of sp³-hybridized carbons (Fsp3) is 0.400. The number of fused-ring (bicyclic) bond motifs is 1. The van der Waals surface area contributed by atoms with Crippen LogP contribution in [0, 0.1) is 6.92 Å². The van der Waals surface area contributed by atoms with Crippen LogP contribution < -0.4 is 10.5 Å². The standard InChI is InChI=1S/C15H19N3O/c1-3-18-9-11(8-17-18)15-7-13(16)12-6-10(2)4-5-14(12)19-15/h4-6,8-9,13,15H,3,7,16H2,1-2H3/t13-,15?/m1/s1. The maximum absolute atomic E-state index is 6.28. The van der Waals surface area contributed by atoms with E-state index in [1.807, 2.05) is 23.1 Å². The van der Waals surface area contributed by atoms with Crippen LogP contribution in [0.4, 0.5) is 0 Å². The van der Waals surface area contributed by atoms with Gasteiger partial charge in [-0.1, -0.05) is 17.7 Å². The van der Waals surface area contributed by atoms with Gasteiger partial charge < -0.3 is 10.5 Å². The van der Waals surface area contributed by atoms with Gasteiger partial charge in [0.2, 0.25) is 0 Å². The Morgan fingerprint density at radius 1 is 1.47 bits per heavy atom. The number of hydrogen-bond acceptors (Lipinski definition) is 3. The number of aromatic nitrogens is 2. The van der Waals surface area contributed by atoms with Crippen LogP contribution in [0.15, 0.2) is 30.6 Å². The highest BCUT2D eigenvalue weighted by Gasteiger charge is 2.27. The van der Waals surface area contributed by atoms with Crippen molar-refractivity contribution < 1.29 is 4.74 Å². The van der Waals surface area contributed by atoms with Crippen LogP contribution in [-0.4, -0.2) is 9.78 Å². The van der Waals surface area contributed by atoms with Gasteiger partial charge in [0, 0.05) is 36.3 Å². The molecule has 1 aliphatic heterocycles. The summed E-state index contributed by atoms with van der Waals surface area (Å²) in [5.41, 5.74) is 9.70. The number of hydrogen-bond donors (Lipinski definition) is 1. The highest BCUT2D eigenvalue weighted by Crippen LogP contribution is 2.39. The van der Waals surface area contributed by atoms with Crippen molar-refractivity contribution in [3.63, 3.8) is 0 Å². The van der Waals surface area contributed by atoms with E-state index in [1.54, 1.807) is 0 Å². The summed E-state index contributed by atoms with van der Waals surface area (Å²) >= 11 is 0. The van der Waals surface area contributed by atoms with Crippen molar-refractivity contribution in [2.45, 2.75) is 39.0 Å². The molecule has 4 nitrogen and oxygen atoms in total. The second kappa shape index (κ2) is 4.70. The van der Waals surface area contributed by atoms with Crippen LogP contribution in [0.5, 0.6) is 5.75 Å². The van der Waals surface area contributed by atoms with Crippen molar-refractivity contribution in [3.05, 3.63) is 47.3 Å². The van der Waals surface area contributed by atoms with E-state index in [2.05, 4.69) is 31.1 Å². The van der Waals surface area contributed by atoms with E-state index in [-0.39, 0.29) is 12.1 Å². The predicted octanol–water partition coefficient (Wildman–Crippen LogP) is 2.74. The van der Waals surface area contributed by atoms with Crippen LogP contribution in [0.1, 0.15) is 42.2 Å². The largest absolute Gasteiger partial charge is 0.485 e. The summed E-state index contributed by atoms with van der Waals surface area (Å²) in [6.45, 7) is 5.02. The topological polar surface area (TPSA) is 53.1 Å². The zero-order valence-corrected chi connectivity index (χ0v) is 11.3. The van der Waals surface area contributed by atoms with E-state index in [9.17, 15) is 0 Å². The Kier molecular flexibility index (Phi) is 3.03. The summed E-state index contributed by atoms with van der Waals surface area (Å²) in [4.78, 5) is 0. The molecule has 0 bridgehead atoms. The molecule has 2 N–H and O–H groups in total. The number of nitrogens with zero attached hydrogens (tertiary/aromatic N) is 2. The molecule has 2 heterocycles. The van der Waals surface area contributed by atoms with E-state index in [0.717, 1.165) is 29.8 Å². The van der Waals surface area contributed by atoms with Crippen LogP contribution in [0.2, 0.25) is 0 Å². The molecule has 0 fully saturated rings. The molecule has 2 atom stereocenters. The van der Waals surface area contributed by atoms with Crippen molar-refractivity contribution in [3.8, 4) is 5.75 Å². The Morgan fingerprint density at radius 3 is 3.05 bits per heavy atom. The molecule has 3 rings (SSSR count). The van der Waals surface area contributed by atoms with Gasteiger partial charge in [0.15, 0.2) is 0 Å². The maximum Gasteiger partial charge on any atom is 0.129 e. The van der Waals surface area contributed by atoms with Crippen molar-refractivity contribution in [1.29, 1.82) is 0 Å². The summed E-state index contributed by atoms with van der Waals surface area (Å²) in [6.07, 6.45) is 4.72. The summed E-state index contributed by atoms with van der Waals surface area (Å²) in [5, 5.41) is 4.30. The van der Waals surface area contributed by atoms with Gasteiger partial charge in [0.1, 0.15) is 11.9 Å². The number of benzene rings is 1. The lowest BCUT2D eigenvalue weighted by Gasteiger charge is -2.30. The van der Waals surface area contributed by atoms with Crippen LogP contribution in [0.3, 0.4) is 0 Å². The molecule has 19 heavy (non-hydrogen) atoms. The van der Waals surface area contributed by atoms with E-state index in [4.69, 9.17) is 10.5 Å². The Morgan fingerprint density at radius 2 is 2.32 bits per heavy atom. The first-order valence-corrected chi connectivity index (χ1v) is 6.72. The van der Waals surface area contributed by atoms with Gasteiger partial charge in [-0.3, -0.25) is 4.68 Å². The molecule has 2 aromatic rings. The van der Waals surface area contributed by atoms with E-state index in [1.165, 1.54) is 5.56 Å². The molecular weight excluding hydrogens is 238 g/mol. The first kappa shape index (κ1) is 12.2. The van der Waals surface area contributed by atoms with E-state index in [0.29, 0.717) is 0 Å². The minimum absolute atomic E-state index is 0.00510. The van der Waals surface area contributed by atoms with Gasteiger partial charge in [-0.05, 0) is 19.9 Å². The van der Waals surface area contributed by atoms with Gasteiger partial charge in [-0.2, -0.15) is 5.10 Å². The zero-order valence-electron chi connectivity index (χ0n) is 11.3. The molecule has 0 radical (unpaired) electrons. The molecule has 1 aliphatic rings. The summed E-state index contributed by atoms with van der Waals surface area (Å²) in [7, 11) is 0. The lowest BCUT2D eigenvalue weighted by molar-refractivity contribution is 0.161. The molecule has 1 aromatic heterocycles. The molecule has 0 saturated heterocycles. The third-order valence-corrected chi connectivity index (χ3v) is 3.65. The fourth-order valence-corrected chi connectivity index (χ4v) is 2.55. The molecule has 0 aliphatic carbocycles. The summed E-state index contributed by atoms with van der Waals surface area (Å²) < 4.78 is 7.98. The van der Waals surface area contributed by atoms with Crippen LogP contribution in [0.25, 0.3) is 0 Å². The summed E-state index contributed by atoms with van der Waals surface area (Å²) in [6, 6.07) is 6.22. The van der Waals surface area contributed by atoms with Crippen molar-refractivity contribution in [2.24, 2.45) is 5.73 Å².